The van der Waals surface area contributed by atoms with Gasteiger partial charge in [0.15, 0.2) is 0 Å². The number of nitrogens with two attached hydrogens (primary N) is 1. The number of nitrogens with zero attached hydrogens (tertiary/aromatic N) is 1. The van der Waals surface area contributed by atoms with Crippen molar-refractivity contribution in [3.8, 4) is 5.88 Å². The van der Waals surface area contributed by atoms with Crippen LogP contribution < -0.4 is 10.5 Å². The highest BCUT2D eigenvalue weighted by molar-refractivity contribution is 9.10. The van der Waals surface area contributed by atoms with E-state index in [9.17, 15) is 4.79 Å². The average Bonchev–Trinajstić information content (AvgIpc) is 2.86. The highest BCUT2D eigenvalue weighted by atomic mass is 79.9. The molecule has 0 spiro atoms. The predicted molar refractivity (Wildman–Crippen MR) is 78.6 cm³/mol. The van der Waals surface area contributed by atoms with E-state index in [-0.39, 0.29) is 0 Å². The number of ether oxygens (including phenoxy) is 1. The molecule has 1 atom stereocenters. The molecule has 1 aromatic carbocycles. The Labute approximate surface area is 129 Å². The Morgan fingerprint density at radius 3 is 2.75 bits per heavy atom. The van der Waals surface area contributed by atoms with E-state index in [1.165, 1.54) is 6.20 Å². The minimum atomic E-state index is -1.23. The number of benzene rings is 1. The third kappa shape index (κ3) is 1.89. The zero-order chi connectivity index (χ0) is 14.3. The summed E-state index contributed by atoms with van der Waals surface area (Å²) in [7, 11) is 0. The van der Waals surface area contributed by atoms with Gasteiger partial charge >= 0.3 is 0 Å². The van der Waals surface area contributed by atoms with Crippen molar-refractivity contribution in [3.63, 3.8) is 0 Å². The Morgan fingerprint density at radius 1 is 1.40 bits per heavy atom. The Morgan fingerprint density at radius 2 is 2.10 bits per heavy atom. The summed E-state index contributed by atoms with van der Waals surface area (Å²) in [6.07, 6.45) is 1.78. The van der Waals surface area contributed by atoms with Crippen LogP contribution in [0.4, 0.5) is 0 Å². The van der Waals surface area contributed by atoms with Gasteiger partial charge in [-0.3, -0.25) is 4.79 Å². The molecule has 2 aromatic rings. The van der Waals surface area contributed by atoms with Crippen LogP contribution in [0.15, 0.2) is 41.0 Å². The molecule has 1 unspecified atom stereocenters. The molecule has 4 nitrogen and oxygen atoms in total. The summed E-state index contributed by atoms with van der Waals surface area (Å²) in [6, 6.07) is 9.16. The van der Waals surface area contributed by atoms with Gasteiger partial charge in [-0.25, -0.2) is 4.98 Å². The Kier molecular flexibility index (Phi) is 3.18. The van der Waals surface area contributed by atoms with E-state index in [0.29, 0.717) is 27.4 Å². The fourth-order valence-corrected chi connectivity index (χ4v) is 2.90. The van der Waals surface area contributed by atoms with Crippen molar-refractivity contribution < 1.29 is 9.53 Å². The number of halogens is 2. The molecule has 1 amide bonds. The second-order valence-corrected chi connectivity index (χ2v) is 5.74. The van der Waals surface area contributed by atoms with Gasteiger partial charge in [0, 0.05) is 22.0 Å². The number of carbonyl (C=O) groups excluding carboxylic acids is 1. The number of primary amides is 1. The summed E-state index contributed by atoms with van der Waals surface area (Å²) in [5, 5.41) is 0.473. The maximum Gasteiger partial charge on any atom is 0.266 e. The van der Waals surface area contributed by atoms with Crippen LogP contribution in [-0.4, -0.2) is 10.9 Å². The maximum absolute atomic E-state index is 12.0. The van der Waals surface area contributed by atoms with E-state index in [1.807, 2.05) is 30.3 Å². The van der Waals surface area contributed by atoms with Crippen LogP contribution >= 0.6 is 27.5 Å². The number of amides is 1. The zero-order valence-electron chi connectivity index (χ0n) is 10.3. The van der Waals surface area contributed by atoms with Gasteiger partial charge in [0.25, 0.3) is 5.91 Å². The number of hydrogen-bond donors (Lipinski definition) is 1. The Hall–Kier alpha value is -1.59. The molecule has 1 aromatic heterocycles. The van der Waals surface area contributed by atoms with Crippen molar-refractivity contribution in [1.82, 2.24) is 4.98 Å². The molecule has 2 N–H and O–H groups in total. The highest BCUT2D eigenvalue weighted by Crippen LogP contribution is 2.44. The molecule has 0 aliphatic carbocycles. The first kappa shape index (κ1) is 13.4. The molecule has 20 heavy (non-hydrogen) atoms. The van der Waals surface area contributed by atoms with Gasteiger partial charge in [0.1, 0.15) is 0 Å². The molecule has 102 valence electrons. The lowest BCUT2D eigenvalue weighted by molar-refractivity contribution is -0.133. The number of fused-ring (bicyclic) bond motifs is 1. The van der Waals surface area contributed by atoms with Crippen LogP contribution in [0.25, 0.3) is 0 Å². The fraction of sp³-hybridized carbons (Fsp3) is 0.143. The Bertz CT molecular complexity index is 693. The lowest BCUT2D eigenvalue weighted by atomic mass is 9.88. The topological polar surface area (TPSA) is 65.2 Å². The lowest BCUT2D eigenvalue weighted by Gasteiger charge is -2.25. The standard InChI is InChI=1S/C14H10BrClN2O2/c15-11-9-6-14(13(17)19,8-4-2-1-3-5-8)20-12(9)18-7-10(11)16/h1-5,7H,6H2,(H2,17,19). The fourth-order valence-electron chi connectivity index (χ4n) is 2.33. The predicted octanol–water partition coefficient (Wildman–Crippen LogP) is 2.81. The van der Waals surface area contributed by atoms with Gasteiger partial charge < -0.3 is 10.5 Å². The number of aromatic nitrogens is 1. The van der Waals surface area contributed by atoms with Gasteiger partial charge in [0.2, 0.25) is 11.5 Å². The summed E-state index contributed by atoms with van der Waals surface area (Å²) in [6.45, 7) is 0. The van der Waals surface area contributed by atoms with Gasteiger partial charge in [0.05, 0.1) is 11.2 Å². The monoisotopic (exact) mass is 352 g/mol. The smallest absolute Gasteiger partial charge is 0.266 e. The minimum Gasteiger partial charge on any atom is -0.455 e. The second-order valence-electron chi connectivity index (χ2n) is 4.54. The molecule has 1 aliphatic heterocycles. The van der Waals surface area contributed by atoms with Crippen LogP contribution in [0.3, 0.4) is 0 Å². The molecule has 2 heterocycles. The lowest BCUT2D eigenvalue weighted by Crippen LogP contribution is -2.45. The normalized spacial score (nSPS) is 20.3. The first-order valence-electron chi connectivity index (χ1n) is 5.92. The summed E-state index contributed by atoms with van der Waals surface area (Å²) >= 11 is 9.43. The van der Waals surface area contributed by atoms with Crippen molar-refractivity contribution in [2.75, 3.05) is 0 Å². The molecule has 6 heteroatoms. The average molecular weight is 354 g/mol. The molecule has 0 bridgehead atoms. The molecular formula is C14H10BrClN2O2. The third-order valence-electron chi connectivity index (χ3n) is 3.36. The van der Waals surface area contributed by atoms with E-state index >= 15 is 0 Å². The van der Waals surface area contributed by atoms with E-state index in [2.05, 4.69) is 20.9 Å². The van der Waals surface area contributed by atoms with E-state index < -0.39 is 11.5 Å². The number of hydrogen-bond acceptors (Lipinski definition) is 3. The van der Waals surface area contributed by atoms with Crippen LogP contribution in [-0.2, 0) is 16.8 Å². The first-order valence-corrected chi connectivity index (χ1v) is 7.09. The van der Waals surface area contributed by atoms with E-state index in [1.54, 1.807) is 0 Å². The third-order valence-corrected chi connectivity index (χ3v) is 4.78. The van der Waals surface area contributed by atoms with E-state index in [4.69, 9.17) is 22.1 Å². The summed E-state index contributed by atoms with van der Waals surface area (Å²) in [4.78, 5) is 16.1. The van der Waals surface area contributed by atoms with Crippen molar-refractivity contribution >= 4 is 33.4 Å². The van der Waals surface area contributed by atoms with Crippen LogP contribution in [0.2, 0.25) is 5.02 Å². The molecule has 0 saturated carbocycles. The highest BCUT2D eigenvalue weighted by Gasteiger charge is 2.48. The minimum absolute atomic E-state index is 0.301. The van der Waals surface area contributed by atoms with Crippen LogP contribution in [0.1, 0.15) is 11.1 Å². The number of rotatable bonds is 2. The maximum atomic E-state index is 12.0. The zero-order valence-corrected chi connectivity index (χ0v) is 12.6. The van der Waals surface area contributed by atoms with Gasteiger partial charge in [-0.05, 0) is 15.9 Å². The summed E-state index contributed by atoms with van der Waals surface area (Å²) < 4.78 is 6.49. The molecule has 0 saturated heterocycles. The van der Waals surface area contributed by atoms with Gasteiger partial charge in [-0.1, -0.05) is 41.9 Å². The molecule has 1 aliphatic rings. The second kappa shape index (κ2) is 4.75. The molecular weight excluding hydrogens is 344 g/mol. The first-order chi connectivity index (χ1) is 9.54. The number of carbonyl (C=O) groups is 1. The quantitative estimate of drug-likeness (QED) is 0.903. The number of pyridine rings is 1. The van der Waals surface area contributed by atoms with Crippen LogP contribution in [0, 0.1) is 0 Å². The van der Waals surface area contributed by atoms with Crippen molar-refractivity contribution in [1.29, 1.82) is 0 Å². The van der Waals surface area contributed by atoms with E-state index in [0.717, 1.165) is 5.56 Å². The Balaban J connectivity index is 2.14. The van der Waals surface area contributed by atoms with Crippen molar-refractivity contribution in [2.24, 2.45) is 5.73 Å². The van der Waals surface area contributed by atoms with Crippen molar-refractivity contribution in [3.05, 3.63) is 57.2 Å². The molecule has 0 fully saturated rings. The van der Waals surface area contributed by atoms with Crippen LogP contribution in [0.5, 0.6) is 5.88 Å². The summed E-state index contributed by atoms with van der Waals surface area (Å²) in [5.74, 6) is -0.173. The summed E-state index contributed by atoms with van der Waals surface area (Å²) in [5.41, 5.74) is 5.81. The molecule has 0 radical (unpaired) electrons. The largest absolute Gasteiger partial charge is 0.455 e. The molecule has 3 rings (SSSR count). The van der Waals surface area contributed by atoms with Crippen molar-refractivity contribution in [2.45, 2.75) is 12.0 Å². The SMILES string of the molecule is NC(=O)C1(c2ccccc2)Cc2c(ncc(Cl)c2Br)O1. The van der Waals surface area contributed by atoms with Gasteiger partial charge in [-0.15, -0.1) is 0 Å². The van der Waals surface area contributed by atoms with Gasteiger partial charge in [-0.2, -0.15) is 0 Å².